The molecule has 1 saturated heterocycles. The predicted molar refractivity (Wildman–Crippen MR) is 83.8 cm³/mol. The number of halogens is 2. The summed E-state index contributed by atoms with van der Waals surface area (Å²) < 4.78 is 41.6. The highest BCUT2D eigenvalue weighted by atomic mass is 79.9. The Bertz CT molecular complexity index is 637. The van der Waals surface area contributed by atoms with Crippen LogP contribution in [0.3, 0.4) is 0 Å². The van der Waals surface area contributed by atoms with Crippen LogP contribution in [0.2, 0.25) is 0 Å². The molecule has 1 aromatic carbocycles. The summed E-state index contributed by atoms with van der Waals surface area (Å²) in [7, 11) is -3.83. The third-order valence-electron chi connectivity index (χ3n) is 3.99. The van der Waals surface area contributed by atoms with E-state index in [0.29, 0.717) is 17.6 Å². The molecule has 0 amide bonds. The van der Waals surface area contributed by atoms with Gasteiger partial charge in [0.25, 0.3) is 0 Å². The monoisotopic (exact) mass is 378 g/mol. The van der Waals surface area contributed by atoms with E-state index >= 15 is 0 Å². The first-order valence-corrected chi connectivity index (χ1v) is 9.09. The minimum atomic E-state index is -3.83. The van der Waals surface area contributed by atoms with Gasteiger partial charge in [0.05, 0.1) is 0 Å². The second-order valence-corrected chi connectivity index (χ2v) is 8.97. The predicted octanol–water partition coefficient (Wildman–Crippen LogP) is 2.86. The van der Waals surface area contributed by atoms with Crippen molar-refractivity contribution in [2.75, 3.05) is 13.1 Å². The molecule has 1 aliphatic heterocycles. The Morgan fingerprint density at radius 1 is 1.33 bits per heavy atom. The molecule has 118 valence electrons. The first kappa shape index (κ1) is 16.9. The van der Waals surface area contributed by atoms with Crippen LogP contribution < -0.4 is 5.73 Å². The van der Waals surface area contributed by atoms with Crippen LogP contribution in [0.25, 0.3) is 0 Å². The van der Waals surface area contributed by atoms with E-state index in [1.165, 1.54) is 16.4 Å². The Kier molecular flexibility index (Phi) is 4.78. The van der Waals surface area contributed by atoms with Crippen molar-refractivity contribution in [2.45, 2.75) is 38.1 Å². The molecule has 0 atom stereocenters. The molecule has 1 fully saturated rings. The fourth-order valence-corrected chi connectivity index (χ4v) is 4.66. The number of hydrogen-bond donors (Lipinski definition) is 1. The lowest BCUT2D eigenvalue weighted by atomic mass is 9.83. The van der Waals surface area contributed by atoms with Gasteiger partial charge in [-0.2, -0.15) is 4.31 Å². The maximum Gasteiger partial charge on any atom is 0.246 e. The van der Waals surface area contributed by atoms with Crippen molar-refractivity contribution in [1.29, 1.82) is 0 Å². The standard InChI is InChI=1S/C14H20BrFN2O2S/c1-14(2)3-5-18(6-4-14)21(19,20)12-8-11(15)7-10(9-17)13(12)16/h7-8H,3-6,9,17H2,1-2H3. The van der Waals surface area contributed by atoms with Crippen LogP contribution in [-0.4, -0.2) is 25.8 Å². The smallest absolute Gasteiger partial charge is 0.246 e. The number of nitrogens with zero attached hydrogens (tertiary/aromatic N) is 1. The summed E-state index contributed by atoms with van der Waals surface area (Å²) >= 11 is 3.22. The maximum absolute atomic E-state index is 14.3. The average molecular weight is 379 g/mol. The second kappa shape index (κ2) is 5.95. The molecule has 2 rings (SSSR count). The Balaban J connectivity index is 2.39. The third kappa shape index (κ3) is 3.47. The minimum absolute atomic E-state index is 0.0408. The van der Waals surface area contributed by atoms with E-state index in [9.17, 15) is 12.8 Å². The van der Waals surface area contributed by atoms with E-state index in [-0.39, 0.29) is 22.4 Å². The molecule has 7 heteroatoms. The van der Waals surface area contributed by atoms with Crippen molar-refractivity contribution >= 4 is 26.0 Å². The van der Waals surface area contributed by atoms with Crippen LogP contribution in [0.15, 0.2) is 21.5 Å². The fourth-order valence-electron chi connectivity index (χ4n) is 2.43. The lowest BCUT2D eigenvalue weighted by Crippen LogP contribution is -2.41. The molecule has 0 aliphatic carbocycles. The van der Waals surface area contributed by atoms with Gasteiger partial charge in [0.15, 0.2) is 0 Å². The van der Waals surface area contributed by atoms with Gasteiger partial charge in [0.1, 0.15) is 10.7 Å². The third-order valence-corrected chi connectivity index (χ3v) is 6.35. The van der Waals surface area contributed by atoms with Crippen LogP contribution >= 0.6 is 15.9 Å². The largest absolute Gasteiger partial charge is 0.326 e. The van der Waals surface area contributed by atoms with Gasteiger partial charge in [0, 0.05) is 29.7 Å². The summed E-state index contributed by atoms with van der Waals surface area (Å²) in [6.07, 6.45) is 1.54. The molecule has 0 unspecified atom stereocenters. The van der Waals surface area contributed by atoms with E-state index in [2.05, 4.69) is 29.8 Å². The zero-order valence-electron chi connectivity index (χ0n) is 12.2. The second-order valence-electron chi connectivity index (χ2n) is 6.15. The number of nitrogens with two attached hydrogens (primary N) is 1. The van der Waals surface area contributed by atoms with Crippen molar-refractivity contribution < 1.29 is 12.8 Å². The van der Waals surface area contributed by atoms with Crippen molar-refractivity contribution in [2.24, 2.45) is 11.1 Å². The molecule has 21 heavy (non-hydrogen) atoms. The highest BCUT2D eigenvalue weighted by Gasteiger charge is 2.34. The lowest BCUT2D eigenvalue weighted by molar-refractivity contribution is 0.195. The zero-order chi connectivity index (χ0) is 15.8. The summed E-state index contributed by atoms with van der Waals surface area (Å²) in [5.74, 6) is -0.745. The molecule has 2 N–H and O–H groups in total. The van der Waals surface area contributed by atoms with Gasteiger partial charge >= 0.3 is 0 Å². The first-order valence-electron chi connectivity index (χ1n) is 6.85. The van der Waals surface area contributed by atoms with Crippen molar-refractivity contribution in [3.05, 3.63) is 28.0 Å². The Hall–Kier alpha value is -0.500. The molecule has 1 heterocycles. The SMILES string of the molecule is CC1(C)CCN(S(=O)(=O)c2cc(Br)cc(CN)c2F)CC1. The van der Waals surface area contributed by atoms with Gasteiger partial charge in [-0.25, -0.2) is 12.8 Å². The van der Waals surface area contributed by atoms with Crippen LogP contribution in [0, 0.1) is 11.2 Å². The first-order chi connectivity index (χ1) is 9.67. The van der Waals surface area contributed by atoms with Gasteiger partial charge in [-0.3, -0.25) is 0 Å². The lowest BCUT2D eigenvalue weighted by Gasteiger charge is -2.36. The number of sulfonamides is 1. The summed E-state index contributed by atoms with van der Waals surface area (Å²) in [4.78, 5) is -0.294. The average Bonchev–Trinajstić information content (AvgIpc) is 2.40. The molecule has 0 radical (unpaired) electrons. The molecule has 0 aromatic heterocycles. The number of benzene rings is 1. The normalized spacial score (nSPS) is 19.7. The minimum Gasteiger partial charge on any atom is -0.326 e. The van der Waals surface area contributed by atoms with Gasteiger partial charge < -0.3 is 5.73 Å². The van der Waals surface area contributed by atoms with E-state index in [1.54, 1.807) is 0 Å². The molecule has 0 saturated carbocycles. The Labute approximate surface area is 133 Å². The fraction of sp³-hybridized carbons (Fsp3) is 0.571. The summed E-state index contributed by atoms with van der Waals surface area (Å²) in [6.45, 7) is 5.02. The molecule has 1 aromatic rings. The Morgan fingerprint density at radius 2 is 1.90 bits per heavy atom. The van der Waals surface area contributed by atoms with Crippen LogP contribution in [0.1, 0.15) is 32.3 Å². The highest BCUT2D eigenvalue weighted by Crippen LogP contribution is 2.34. The number of hydrogen-bond acceptors (Lipinski definition) is 3. The van der Waals surface area contributed by atoms with Crippen molar-refractivity contribution in [3.8, 4) is 0 Å². The van der Waals surface area contributed by atoms with Crippen LogP contribution in [-0.2, 0) is 16.6 Å². The van der Waals surface area contributed by atoms with Crippen molar-refractivity contribution in [1.82, 2.24) is 4.31 Å². The van der Waals surface area contributed by atoms with Gasteiger partial charge in [-0.15, -0.1) is 0 Å². The summed E-state index contributed by atoms with van der Waals surface area (Å²) in [5, 5.41) is 0. The summed E-state index contributed by atoms with van der Waals surface area (Å²) in [6, 6.07) is 2.82. The van der Waals surface area contributed by atoms with Crippen LogP contribution in [0.4, 0.5) is 4.39 Å². The number of piperidine rings is 1. The van der Waals surface area contributed by atoms with Crippen molar-refractivity contribution in [3.63, 3.8) is 0 Å². The number of rotatable bonds is 3. The zero-order valence-corrected chi connectivity index (χ0v) is 14.6. The molecule has 0 bridgehead atoms. The van der Waals surface area contributed by atoms with E-state index < -0.39 is 15.8 Å². The van der Waals surface area contributed by atoms with Gasteiger partial charge in [-0.05, 0) is 30.4 Å². The maximum atomic E-state index is 14.3. The Morgan fingerprint density at radius 3 is 2.43 bits per heavy atom. The van der Waals surface area contributed by atoms with E-state index in [0.717, 1.165) is 12.8 Å². The van der Waals surface area contributed by atoms with Gasteiger partial charge in [-0.1, -0.05) is 29.8 Å². The molecular formula is C14H20BrFN2O2S. The van der Waals surface area contributed by atoms with E-state index in [1.807, 2.05) is 0 Å². The quantitative estimate of drug-likeness (QED) is 0.879. The molecular weight excluding hydrogens is 359 g/mol. The summed E-state index contributed by atoms with van der Waals surface area (Å²) in [5.41, 5.74) is 5.80. The van der Waals surface area contributed by atoms with E-state index in [4.69, 9.17) is 5.73 Å². The molecule has 0 spiro atoms. The topological polar surface area (TPSA) is 63.4 Å². The van der Waals surface area contributed by atoms with Crippen LogP contribution in [0.5, 0.6) is 0 Å². The highest BCUT2D eigenvalue weighted by molar-refractivity contribution is 9.10. The van der Waals surface area contributed by atoms with Gasteiger partial charge in [0.2, 0.25) is 10.0 Å². The molecule has 1 aliphatic rings. The molecule has 4 nitrogen and oxygen atoms in total.